The number of pyridine rings is 2. The standard InChI is InChI=1S/C54H53B3N5O4.Pt/c1-36-49(63-40-27-28-43-42-21-14-15-24-45(42)62(48(43)33-40)50-31-38(29-30-58-50)52(2,3)4)32-39(34-59-36)60-35-61(47-26-17-16-25-46(47)60)51-41(37-19-12-11-13-20-37)22-18-23-44(51)55-64-56(53(5,6)7)66-57(65-55)54(8,9)10;/h11-31,34-35H,1-10H3;/q-3;. The summed E-state index contributed by atoms with van der Waals surface area (Å²) in [5.74, 6) is 1.87. The van der Waals surface area contributed by atoms with Crippen LogP contribution in [-0.2, 0) is 40.2 Å². The second-order valence-corrected chi connectivity index (χ2v) is 20.5. The third-order valence-electron chi connectivity index (χ3n) is 12.3. The van der Waals surface area contributed by atoms with Crippen molar-refractivity contribution in [2.24, 2.45) is 0 Å². The SMILES string of the molecule is Cc1ncc(N2[CH-]N(c3c(B4OB(C(C)(C)C)OB(C(C)(C)C)O4)cccc3-c3ccccc3)c3ccccc32)[c-]c1Oc1[c-]c2c(cc1)c1ccccc1n2-c1cc(C(C)(C)C)ccn1.[Pt]. The maximum atomic E-state index is 6.79. The van der Waals surface area contributed by atoms with Gasteiger partial charge < -0.3 is 37.8 Å². The molecule has 0 aliphatic carbocycles. The Labute approximate surface area is 410 Å². The smallest absolute Gasteiger partial charge is 0.468 e. The van der Waals surface area contributed by atoms with Crippen LogP contribution in [0.2, 0.25) is 10.6 Å². The van der Waals surface area contributed by atoms with Crippen molar-refractivity contribution >= 4 is 71.4 Å². The van der Waals surface area contributed by atoms with Crippen molar-refractivity contribution in [3.8, 4) is 28.4 Å². The van der Waals surface area contributed by atoms with Crippen LogP contribution in [0.25, 0.3) is 38.8 Å². The van der Waals surface area contributed by atoms with E-state index < -0.39 is 21.4 Å². The molecule has 340 valence electrons. The number of ether oxygens (including phenoxy) is 1. The minimum absolute atomic E-state index is 0. The average Bonchev–Trinajstić information content (AvgIpc) is 3.85. The van der Waals surface area contributed by atoms with E-state index in [1.165, 1.54) is 5.56 Å². The van der Waals surface area contributed by atoms with Crippen LogP contribution in [-0.4, -0.2) is 35.9 Å². The first-order chi connectivity index (χ1) is 31.5. The third kappa shape index (κ3) is 8.86. The first-order valence-corrected chi connectivity index (χ1v) is 22.7. The number of hydrogen-bond acceptors (Lipinski definition) is 8. The van der Waals surface area contributed by atoms with Gasteiger partial charge in [0, 0.05) is 72.4 Å². The van der Waals surface area contributed by atoms with Gasteiger partial charge in [-0.05, 0) is 68.6 Å². The Bertz CT molecular complexity index is 3090. The van der Waals surface area contributed by atoms with Gasteiger partial charge in [0.2, 0.25) is 0 Å². The predicted molar refractivity (Wildman–Crippen MR) is 270 cm³/mol. The summed E-state index contributed by atoms with van der Waals surface area (Å²) in [5, 5.41) is 1.56. The monoisotopic (exact) mass is 1060 g/mol. The molecule has 1 fully saturated rings. The summed E-state index contributed by atoms with van der Waals surface area (Å²) in [6.45, 7) is 23.5. The van der Waals surface area contributed by atoms with Crippen molar-refractivity contribution in [2.45, 2.75) is 85.3 Å². The number of para-hydroxylation sites is 4. The molecule has 0 atom stereocenters. The fourth-order valence-electron chi connectivity index (χ4n) is 8.72. The minimum Gasteiger partial charge on any atom is -0.507 e. The minimum atomic E-state index is -0.724. The van der Waals surface area contributed by atoms with E-state index in [9.17, 15) is 0 Å². The van der Waals surface area contributed by atoms with Crippen molar-refractivity contribution in [1.29, 1.82) is 0 Å². The Hall–Kier alpha value is -5.64. The molecular formula is C54H53B3N5O4Pt-3. The zero-order chi connectivity index (χ0) is 46.1. The van der Waals surface area contributed by atoms with Crippen LogP contribution in [0.4, 0.5) is 22.7 Å². The summed E-state index contributed by atoms with van der Waals surface area (Å²) in [6, 6.07) is 49.1. The number of anilines is 4. The quantitative estimate of drug-likeness (QED) is 0.115. The van der Waals surface area contributed by atoms with Crippen molar-refractivity contribution < 1.29 is 39.5 Å². The molecule has 10 rings (SSSR count). The summed E-state index contributed by atoms with van der Waals surface area (Å²) in [6.07, 6.45) is 3.73. The van der Waals surface area contributed by atoms with Gasteiger partial charge in [0.25, 0.3) is 0 Å². The molecule has 8 aromatic rings. The molecule has 13 heteroatoms. The molecule has 3 aromatic heterocycles. The molecule has 0 amide bonds. The van der Waals surface area contributed by atoms with Gasteiger partial charge in [-0.15, -0.1) is 30.3 Å². The van der Waals surface area contributed by atoms with Crippen LogP contribution < -0.4 is 20.0 Å². The second kappa shape index (κ2) is 17.8. The normalized spacial score (nSPS) is 14.5. The zero-order valence-electron chi connectivity index (χ0n) is 39.7. The molecule has 0 N–H and O–H groups in total. The third-order valence-corrected chi connectivity index (χ3v) is 12.3. The zero-order valence-corrected chi connectivity index (χ0v) is 42.0. The van der Waals surface area contributed by atoms with Gasteiger partial charge in [0.1, 0.15) is 5.82 Å². The fraction of sp³-hybridized carbons (Fsp3) is 0.241. The van der Waals surface area contributed by atoms with Crippen LogP contribution in [0.3, 0.4) is 0 Å². The van der Waals surface area contributed by atoms with Crippen LogP contribution in [0.15, 0.2) is 134 Å². The number of rotatable bonds is 7. The molecular weight excluding hydrogens is 1010 g/mol. The number of benzene rings is 5. The Kier molecular flexibility index (Phi) is 12.3. The van der Waals surface area contributed by atoms with Crippen LogP contribution in [0, 0.1) is 25.7 Å². The maximum absolute atomic E-state index is 6.79. The molecule has 1 saturated heterocycles. The van der Waals surface area contributed by atoms with Gasteiger partial charge in [-0.1, -0.05) is 166 Å². The van der Waals surface area contributed by atoms with E-state index in [1.807, 2.05) is 37.5 Å². The molecule has 5 heterocycles. The van der Waals surface area contributed by atoms with Crippen molar-refractivity contribution in [3.63, 3.8) is 0 Å². The molecule has 0 saturated carbocycles. The second-order valence-electron chi connectivity index (χ2n) is 20.5. The summed E-state index contributed by atoms with van der Waals surface area (Å²) >= 11 is 0. The van der Waals surface area contributed by atoms with Crippen LogP contribution in [0.1, 0.15) is 73.6 Å². The Morgan fingerprint density at radius 1 is 0.657 bits per heavy atom. The summed E-state index contributed by atoms with van der Waals surface area (Å²) in [5.41, 5.74) is 10.3. The molecule has 0 unspecified atom stereocenters. The van der Waals surface area contributed by atoms with E-state index in [0.29, 0.717) is 22.9 Å². The van der Waals surface area contributed by atoms with E-state index in [-0.39, 0.29) is 37.1 Å². The molecule has 2 aliphatic rings. The first kappa shape index (κ1) is 46.5. The predicted octanol–water partition coefficient (Wildman–Crippen LogP) is 13.0. The van der Waals surface area contributed by atoms with Crippen molar-refractivity contribution in [1.82, 2.24) is 14.5 Å². The number of nitrogens with zero attached hydrogens (tertiary/aromatic N) is 5. The van der Waals surface area contributed by atoms with Crippen LogP contribution >= 0.6 is 0 Å². The van der Waals surface area contributed by atoms with E-state index >= 15 is 0 Å². The molecule has 67 heavy (non-hydrogen) atoms. The van der Waals surface area contributed by atoms with Gasteiger partial charge >= 0.3 is 21.4 Å². The molecule has 9 nitrogen and oxygen atoms in total. The molecule has 5 aromatic carbocycles. The number of hydrogen-bond donors (Lipinski definition) is 0. The summed E-state index contributed by atoms with van der Waals surface area (Å²) in [7, 11) is -1.74. The fourth-order valence-corrected chi connectivity index (χ4v) is 8.72. The Morgan fingerprint density at radius 3 is 2.03 bits per heavy atom. The first-order valence-electron chi connectivity index (χ1n) is 22.7. The van der Waals surface area contributed by atoms with Crippen LogP contribution in [0.5, 0.6) is 11.5 Å². The summed E-state index contributed by atoms with van der Waals surface area (Å²) in [4.78, 5) is 14.1. The van der Waals surface area contributed by atoms with E-state index in [4.69, 9.17) is 28.4 Å². The van der Waals surface area contributed by atoms with E-state index in [1.54, 1.807) is 0 Å². The van der Waals surface area contributed by atoms with Gasteiger partial charge in [-0.3, -0.25) is 0 Å². The topological polar surface area (TPSA) is 74.1 Å². The van der Waals surface area contributed by atoms with Gasteiger partial charge in [-0.2, -0.15) is 6.07 Å². The number of fused-ring (bicyclic) bond motifs is 4. The van der Waals surface area contributed by atoms with Gasteiger partial charge in [0.05, 0.1) is 0 Å². The largest absolute Gasteiger partial charge is 0.507 e. The maximum Gasteiger partial charge on any atom is 0.468 e. The molecule has 2 aliphatic heterocycles. The number of aryl methyl sites for hydroxylation is 1. The molecule has 0 bridgehead atoms. The summed E-state index contributed by atoms with van der Waals surface area (Å²) < 4.78 is 29.0. The number of aromatic nitrogens is 3. The van der Waals surface area contributed by atoms with E-state index in [2.05, 4.69) is 199 Å². The van der Waals surface area contributed by atoms with E-state index in [0.717, 1.165) is 61.3 Å². The van der Waals surface area contributed by atoms with Gasteiger partial charge in [0.15, 0.2) is 0 Å². The molecule has 0 spiro atoms. The molecule has 0 radical (unpaired) electrons. The van der Waals surface area contributed by atoms with Crippen molar-refractivity contribution in [2.75, 3.05) is 9.80 Å². The Morgan fingerprint density at radius 2 is 1.33 bits per heavy atom. The van der Waals surface area contributed by atoms with Crippen molar-refractivity contribution in [3.05, 3.63) is 164 Å². The van der Waals surface area contributed by atoms with Gasteiger partial charge in [-0.25, -0.2) is 4.98 Å². The Balaban J connectivity index is 0.00000562. The average molecular weight is 1060 g/mol.